The number of anilines is 1. The van der Waals surface area contributed by atoms with Gasteiger partial charge in [-0.15, -0.1) is 0 Å². The Balaban J connectivity index is 1.44. The van der Waals surface area contributed by atoms with Crippen molar-refractivity contribution in [1.29, 1.82) is 0 Å². The first kappa shape index (κ1) is 15.3. The van der Waals surface area contributed by atoms with Crippen molar-refractivity contribution in [2.24, 2.45) is 17.8 Å². The molecule has 120 valence electrons. The monoisotopic (exact) mass is 305 g/mol. The van der Waals surface area contributed by atoms with E-state index >= 15 is 0 Å². The van der Waals surface area contributed by atoms with Crippen molar-refractivity contribution >= 4 is 11.6 Å². The lowest BCUT2D eigenvalue weighted by atomic mass is 9.88. The van der Waals surface area contributed by atoms with Crippen molar-refractivity contribution in [3.8, 4) is 0 Å². The van der Waals surface area contributed by atoms with Gasteiger partial charge < -0.3 is 15.5 Å². The number of rotatable bonds is 5. The highest BCUT2D eigenvalue weighted by atomic mass is 19.1. The highest BCUT2D eigenvalue weighted by molar-refractivity contribution is 5.78. The summed E-state index contributed by atoms with van der Waals surface area (Å²) in [4.78, 5) is 14.4. The van der Waals surface area contributed by atoms with Gasteiger partial charge in [0.25, 0.3) is 0 Å². The summed E-state index contributed by atoms with van der Waals surface area (Å²) in [6, 6.07) is 6.64. The zero-order valence-electron chi connectivity index (χ0n) is 13.0. The number of carbonyl (C=O) groups excluding carboxylic acids is 1. The van der Waals surface area contributed by atoms with E-state index in [2.05, 4.69) is 15.5 Å². The molecule has 2 saturated heterocycles. The van der Waals surface area contributed by atoms with Crippen LogP contribution in [0.4, 0.5) is 10.1 Å². The van der Waals surface area contributed by atoms with Crippen molar-refractivity contribution in [3.63, 3.8) is 0 Å². The Hall–Kier alpha value is -1.62. The van der Waals surface area contributed by atoms with Gasteiger partial charge in [-0.05, 0) is 55.6 Å². The summed E-state index contributed by atoms with van der Waals surface area (Å²) in [5, 5.41) is 6.31. The Morgan fingerprint density at radius 3 is 2.77 bits per heavy atom. The molecule has 2 aliphatic rings. The quantitative estimate of drug-likeness (QED) is 0.869. The number of hydrogen-bond donors (Lipinski definition) is 2. The highest BCUT2D eigenvalue weighted by Gasteiger charge is 2.29. The van der Waals surface area contributed by atoms with Crippen LogP contribution in [-0.4, -0.2) is 38.6 Å². The minimum atomic E-state index is -0.203. The molecule has 1 aromatic carbocycles. The lowest BCUT2D eigenvalue weighted by Gasteiger charge is -2.32. The van der Waals surface area contributed by atoms with Crippen LogP contribution >= 0.6 is 0 Å². The number of benzene rings is 1. The summed E-state index contributed by atoms with van der Waals surface area (Å²) in [6.07, 6.45) is 1.07. The van der Waals surface area contributed by atoms with Crippen LogP contribution in [0.2, 0.25) is 0 Å². The van der Waals surface area contributed by atoms with Gasteiger partial charge in [-0.3, -0.25) is 4.79 Å². The molecule has 5 heteroatoms. The molecule has 3 rings (SSSR count). The molecule has 0 aromatic heterocycles. The van der Waals surface area contributed by atoms with Crippen molar-refractivity contribution in [2.45, 2.75) is 13.3 Å². The molecule has 2 aliphatic heterocycles. The van der Waals surface area contributed by atoms with Crippen LogP contribution in [0.25, 0.3) is 0 Å². The first-order valence-electron chi connectivity index (χ1n) is 8.12. The maximum atomic E-state index is 13.0. The average molecular weight is 305 g/mol. The second kappa shape index (κ2) is 6.65. The molecule has 2 fully saturated rings. The molecule has 2 N–H and O–H groups in total. The van der Waals surface area contributed by atoms with Crippen molar-refractivity contribution in [1.82, 2.24) is 10.6 Å². The number of amides is 1. The summed E-state index contributed by atoms with van der Waals surface area (Å²) < 4.78 is 13.0. The van der Waals surface area contributed by atoms with E-state index in [-0.39, 0.29) is 17.6 Å². The molecule has 2 atom stereocenters. The second-order valence-corrected chi connectivity index (χ2v) is 6.53. The predicted molar refractivity (Wildman–Crippen MR) is 85.3 cm³/mol. The zero-order valence-corrected chi connectivity index (χ0v) is 13.0. The normalized spacial score (nSPS) is 23.2. The zero-order chi connectivity index (χ0) is 15.5. The summed E-state index contributed by atoms with van der Waals surface area (Å²) in [5.41, 5.74) is 1.06. The number of hydrogen-bond acceptors (Lipinski definition) is 3. The SMILES string of the molecule is CC(C(=O)NCC1CCN(c2ccc(F)cc2)C1)C1CNC1. The average Bonchev–Trinajstić information content (AvgIpc) is 2.92. The highest BCUT2D eigenvalue weighted by Crippen LogP contribution is 2.24. The van der Waals surface area contributed by atoms with Crippen LogP contribution < -0.4 is 15.5 Å². The van der Waals surface area contributed by atoms with Gasteiger partial charge in [-0.25, -0.2) is 4.39 Å². The maximum absolute atomic E-state index is 13.0. The van der Waals surface area contributed by atoms with Crippen molar-refractivity contribution in [3.05, 3.63) is 30.1 Å². The van der Waals surface area contributed by atoms with Crippen LogP contribution in [0.1, 0.15) is 13.3 Å². The van der Waals surface area contributed by atoms with Crippen molar-refractivity contribution < 1.29 is 9.18 Å². The van der Waals surface area contributed by atoms with Crippen LogP contribution in [0.15, 0.2) is 24.3 Å². The largest absolute Gasteiger partial charge is 0.371 e. The lowest BCUT2D eigenvalue weighted by molar-refractivity contribution is -0.126. The van der Waals surface area contributed by atoms with Crippen LogP contribution in [0.5, 0.6) is 0 Å². The van der Waals surface area contributed by atoms with Crippen LogP contribution in [-0.2, 0) is 4.79 Å². The van der Waals surface area contributed by atoms with Gasteiger partial charge in [0, 0.05) is 31.2 Å². The van der Waals surface area contributed by atoms with E-state index in [1.54, 1.807) is 0 Å². The third-order valence-electron chi connectivity index (χ3n) is 4.98. The van der Waals surface area contributed by atoms with E-state index in [0.717, 1.165) is 44.8 Å². The van der Waals surface area contributed by atoms with Crippen LogP contribution in [0, 0.1) is 23.6 Å². The number of carbonyl (C=O) groups is 1. The summed E-state index contributed by atoms with van der Waals surface area (Å²) >= 11 is 0. The molecule has 0 bridgehead atoms. The Morgan fingerprint density at radius 1 is 1.41 bits per heavy atom. The van der Waals surface area contributed by atoms with E-state index in [4.69, 9.17) is 0 Å². The Labute approximate surface area is 131 Å². The van der Waals surface area contributed by atoms with E-state index < -0.39 is 0 Å². The third-order valence-corrected chi connectivity index (χ3v) is 4.98. The minimum Gasteiger partial charge on any atom is -0.371 e. The second-order valence-electron chi connectivity index (χ2n) is 6.53. The third kappa shape index (κ3) is 3.40. The molecule has 4 nitrogen and oxygen atoms in total. The molecule has 0 spiro atoms. The molecule has 2 heterocycles. The van der Waals surface area contributed by atoms with Gasteiger partial charge in [-0.2, -0.15) is 0 Å². The first-order valence-corrected chi connectivity index (χ1v) is 8.12. The smallest absolute Gasteiger partial charge is 0.223 e. The predicted octanol–water partition coefficient (Wildman–Crippen LogP) is 1.62. The summed E-state index contributed by atoms with van der Waals surface area (Å²) in [6.45, 7) is 6.55. The lowest BCUT2D eigenvalue weighted by Crippen LogP contribution is -2.50. The maximum Gasteiger partial charge on any atom is 0.223 e. The van der Waals surface area contributed by atoms with Gasteiger partial charge in [0.2, 0.25) is 5.91 Å². The fourth-order valence-corrected chi connectivity index (χ4v) is 3.17. The van der Waals surface area contributed by atoms with Gasteiger partial charge >= 0.3 is 0 Å². The topological polar surface area (TPSA) is 44.4 Å². The Bertz CT molecular complexity index is 515. The fraction of sp³-hybridized carbons (Fsp3) is 0.588. The molecule has 0 saturated carbocycles. The molecule has 0 radical (unpaired) electrons. The van der Waals surface area contributed by atoms with Gasteiger partial charge in [0.15, 0.2) is 0 Å². The standard InChI is InChI=1S/C17H24FN3O/c1-12(14-9-19-10-14)17(22)20-8-13-6-7-21(11-13)16-4-2-15(18)3-5-16/h2-5,12-14,19H,6-11H2,1H3,(H,20,22). The van der Waals surface area contributed by atoms with Gasteiger partial charge in [-0.1, -0.05) is 6.92 Å². The number of halogens is 1. The van der Waals surface area contributed by atoms with Crippen LogP contribution in [0.3, 0.4) is 0 Å². The molecular weight excluding hydrogens is 281 g/mol. The molecule has 0 aliphatic carbocycles. The van der Waals surface area contributed by atoms with E-state index in [0.29, 0.717) is 11.8 Å². The number of nitrogens with one attached hydrogen (secondary N) is 2. The van der Waals surface area contributed by atoms with Gasteiger partial charge in [0.05, 0.1) is 0 Å². The van der Waals surface area contributed by atoms with E-state index in [1.807, 2.05) is 19.1 Å². The van der Waals surface area contributed by atoms with Gasteiger partial charge in [0.1, 0.15) is 5.82 Å². The fourth-order valence-electron chi connectivity index (χ4n) is 3.17. The van der Waals surface area contributed by atoms with E-state index in [9.17, 15) is 9.18 Å². The molecule has 22 heavy (non-hydrogen) atoms. The molecular formula is C17H24FN3O. The molecule has 1 aromatic rings. The Kier molecular flexibility index (Phi) is 4.62. The molecule has 1 amide bonds. The number of nitrogens with zero attached hydrogens (tertiary/aromatic N) is 1. The van der Waals surface area contributed by atoms with Crippen molar-refractivity contribution in [2.75, 3.05) is 37.6 Å². The summed E-state index contributed by atoms with van der Waals surface area (Å²) in [7, 11) is 0. The Morgan fingerprint density at radius 2 is 2.14 bits per heavy atom. The summed E-state index contributed by atoms with van der Waals surface area (Å²) in [5.74, 6) is 1.02. The molecule has 2 unspecified atom stereocenters. The minimum absolute atomic E-state index is 0.0934. The first-order chi connectivity index (χ1) is 10.6. The van der Waals surface area contributed by atoms with E-state index in [1.165, 1.54) is 12.1 Å².